The van der Waals surface area contributed by atoms with E-state index in [0.29, 0.717) is 6.54 Å². The maximum absolute atomic E-state index is 12.5. The summed E-state index contributed by atoms with van der Waals surface area (Å²) in [5.41, 5.74) is 3.25. The molecule has 23 heavy (non-hydrogen) atoms. The third kappa shape index (κ3) is 3.71. The highest BCUT2D eigenvalue weighted by molar-refractivity contribution is 7.10. The van der Waals surface area contributed by atoms with Crippen molar-refractivity contribution in [1.29, 1.82) is 0 Å². The van der Waals surface area contributed by atoms with Crippen LogP contribution in [0.4, 0.5) is 0 Å². The lowest BCUT2D eigenvalue weighted by atomic mass is 9.95. The highest BCUT2D eigenvalue weighted by Crippen LogP contribution is 2.23. The fourth-order valence-electron chi connectivity index (χ4n) is 2.89. The van der Waals surface area contributed by atoms with Crippen LogP contribution < -0.4 is 5.32 Å². The number of hydrogen-bond acceptors (Lipinski definition) is 3. The van der Waals surface area contributed by atoms with E-state index in [9.17, 15) is 4.79 Å². The number of amides is 1. The molecule has 120 valence electrons. The molecule has 1 aromatic carbocycles. The van der Waals surface area contributed by atoms with Gasteiger partial charge in [-0.2, -0.15) is 0 Å². The minimum atomic E-state index is 0.00533. The van der Waals surface area contributed by atoms with Crippen LogP contribution in [0.3, 0.4) is 0 Å². The monoisotopic (exact) mass is 326 g/mol. The highest BCUT2D eigenvalue weighted by atomic mass is 32.1. The lowest BCUT2D eigenvalue weighted by Crippen LogP contribution is -2.34. The molecule has 1 amide bonds. The summed E-state index contributed by atoms with van der Waals surface area (Å²) in [5, 5.41) is 5.16. The molecule has 1 aliphatic carbocycles. The quantitative estimate of drug-likeness (QED) is 0.908. The summed E-state index contributed by atoms with van der Waals surface area (Å²) in [5.74, 6) is 0.00533. The van der Waals surface area contributed by atoms with Gasteiger partial charge in [0.1, 0.15) is 0 Å². The van der Waals surface area contributed by atoms with Gasteiger partial charge in [0.25, 0.3) is 5.91 Å². The van der Waals surface area contributed by atoms with Gasteiger partial charge in [-0.1, -0.05) is 24.3 Å². The number of carbonyl (C=O) groups is 1. The summed E-state index contributed by atoms with van der Waals surface area (Å²) >= 11 is 1.72. The molecule has 3 nitrogen and oxygen atoms in total. The first-order valence-electron chi connectivity index (χ1n) is 7.92. The third-order valence-electron chi connectivity index (χ3n) is 4.23. The molecule has 1 unspecified atom stereocenters. The van der Waals surface area contributed by atoms with E-state index in [2.05, 4.69) is 39.9 Å². The van der Waals surface area contributed by atoms with Crippen molar-refractivity contribution in [2.75, 3.05) is 20.6 Å². The first kappa shape index (κ1) is 16.0. The zero-order valence-electron chi connectivity index (χ0n) is 13.6. The molecule has 1 heterocycles. The van der Waals surface area contributed by atoms with Crippen LogP contribution in [0.1, 0.15) is 38.8 Å². The van der Waals surface area contributed by atoms with Gasteiger partial charge in [0.05, 0.1) is 6.04 Å². The Kier molecular flexibility index (Phi) is 4.94. The average molecular weight is 326 g/mol. The predicted molar refractivity (Wildman–Crippen MR) is 96.9 cm³/mol. The van der Waals surface area contributed by atoms with Crippen molar-refractivity contribution < 1.29 is 4.79 Å². The summed E-state index contributed by atoms with van der Waals surface area (Å²) in [6, 6.07) is 10.4. The number of aryl methyl sites for hydroxylation is 1. The zero-order chi connectivity index (χ0) is 16.2. The smallest absolute Gasteiger partial charge is 0.251 e. The Bertz CT molecular complexity index is 704. The first-order chi connectivity index (χ1) is 11.1. The van der Waals surface area contributed by atoms with Gasteiger partial charge in [0.2, 0.25) is 0 Å². The van der Waals surface area contributed by atoms with Crippen molar-refractivity contribution in [1.82, 2.24) is 10.2 Å². The van der Waals surface area contributed by atoms with E-state index in [4.69, 9.17) is 0 Å². The number of nitrogens with zero attached hydrogens (tertiary/aromatic N) is 1. The number of thiophene rings is 1. The van der Waals surface area contributed by atoms with Crippen LogP contribution in [0.25, 0.3) is 6.08 Å². The first-order valence-corrected chi connectivity index (χ1v) is 8.80. The van der Waals surface area contributed by atoms with E-state index >= 15 is 0 Å². The van der Waals surface area contributed by atoms with Crippen LogP contribution in [0.2, 0.25) is 0 Å². The minimum absolute atomic E-state index is 0.00533. The van der Waals surface area contributed by atoms with Gasteiger partial charge in [-0.25, -0.2) is 0 Å². The highest BCUT2D eigenvalue weighted by Gasteiger charge is 2.17. The molecule has 4 heteroatoms. The third-order valence-corrected chi connectivity index (χ3v) is 5.21. The fourth-order valence-corrected chi connectivity index (χ4v) is 3.81. The maximum Gasteiger partial charge on any atom is 0.251 e. The Morgan fingerprint density at radius 1 is 1.35 bits per heavy atom. The van der Waals surface area contributed by atoms with Gasteiger partial charge in [0, 0.05) is 17.0 Å². The van der Waals surface area contributed by atoms with E-state index in [-0.39, 0.29) is 11.9 Å². The summed E-state index contributed by atoms with van der Waals surface area (Å²) in [6.07, 6.45) is 6.39. The van der Waals surface area contributed by atoms with Gasteiger partial charge in [-0.05, 0) is 61.6 Å². The Balaban J connectivity index is 1.68. The minimum Gasteiger partial charge on any atom is -0.350 e. The second-order valence-electron chi connectivity index (χ2n) is 6.06. The van der Waals surface area contributed by atoms with Crippen molar-refractivity contribution in [3.8, 4) is 0 Å². The van der Waals surface area contributed by atoms with Crippen LogP contribution >= 0.6 is 11.3 Å². The number of nitrogens with one attached hydrogen (secondary N) is 1. The summed E-state index contributed by atoms with van der Waals surface area (Å²) in [7, 11) is 4.09. The van der Waals surface area contributed by atoms with E-state index in [0.717, 1.165) is 18.4 Å². The van der Waals surface area contributed by atoms with E-state index < -0.39 is 0 Å². The van der Waals surface area contributed by atoms with Crippen molar-refractivity contribution >= 4 is 23.3 Å². The Hall–Kier alpha value is -1.91. The number of carbonyl (C=O) groups excluding carboxylic acids is 1. The van der Waals surface area contributed by atoms with Crippen LogP contribution in [0.15, 0.2) is 41.8 Å². The Labute approximate surface area is 141 Å². The molecule has 3 rings (SSSR count). The Morgan fingerprint density at radius 3 is 2.96 bits per heavy atom. The van der Waals surface area contributed by atoms with Gasteiger partial charge < -0.3 is 10.2 Å². The molecule has 0 saturated heterocycles. The predicted octanol–water partition coefficient (Wildman–Crippen LogP) is 3.74. The number of likely N-dealkylation sites (N-methyl/N-ethyl adjacent to an activating group) is 1. The lowest BCUT2D eigenvalue weighted by molar-refractivity contribution is 0.0942. The van der Waals surface area contributed by atoms with E-state index in [1.54, 1.807) is 11.3 Å². The van der Waals surface area contributed by atoms with Crippen LogP contribution in [-0.2, 0) is 6.42 Å². The number of allylic oxidation sites excluding steroid dienone is 1. The average Bonchev–Trinajstić information content (AvgIpc) is 3.08. The zero-order valence-corrected chi connectivity index (χ0v) is 14.4. The Morgan fingerprint density at radius 2 is 2.22 bits per heavy atom. The van der Waals surface area contributed by atoms with Gasteiger partial charge in [-0.3, -0.25) is 4.79 Å². The van der Waals surface area contributed by atoms with E-state index in [1.165, 1.54) is 16.0 Å². The molecule has 0 radical (unpaired) electrons. The molecular formula is C19H22N2OS. The molecule has 1 aliphatic rings. The lowest BCUT2D eigenvalue weighted by Gasteiger charge is -2.23. The van der Waals surface area contributed by atoms with Crippen molar-refractivity contribution in [3.63, 3.8) is 0 Å². The second-order valence-corrected chi connectivity index (χ2v) is 7.04. The second kappa shape index (κ2) is 7.11. The number of hydrogen-bond donors (Lipinski definition) is 1. The van der Waals surface area contributed by atoms with Gasteiger partial charge >= 0.3 is 0 Å². The number of rotatable bonds is 5. The SMILES string of the molecule is CN(C)C(CNC(=O)c1ccc2c(c1)CCC=C2)c1cccs1. The van der Waals surface area contributed by atoms with Crippen molar-refractivity contribution in [2.45, 2.75) is 18.9 Å². The van der Waals surface area contributed by atoms with E-state index in [1.807, 2.05) is 32.3 Å². The summed E-state index contributed by atoms with van der Waals surface area (Å²) in [6.45, 7) is 0.614. The molecule has 0 fully saturated rings. The fraction of sp³-hybridized carbons (Fsp3) is 0.316. The molecule has 1 atom stereocenters. The topological polar surface area (TPSA) is 32.3 Å². The van der Waals surface area contributed by atoms with Crippen LogP contribution in [0.5, 0.6) is 0 Å². The van der Waals surface area contributed by atoms with Gasteiger partial charge in [-0.15, -0.1) is 11.3 Å². The molecule has 1 aromatic heterocycles. The molecular weight excluding hydrogens is 304 g/mol. The largest absolute Gasteiger partial charge is 0.350 e. The van der Waals surface area contributed by atoms with Crippen molar-refractivity contribution in [3.05, 3.63) is 63.4 Å². The van der Waals surface area contributed by atoms with Crippen LogP contribution in [-0.4, -0.2) is 31.4 Å². The standard InChI is InChI=1S/C19H22N2OS/c1-21(2)17(18-8-5-11-23-18)13-20-19(22)16-10-9-14-6-3-4-7-15(14)12-16/h3,5-6,8-12,17H,4,7,13H2,1-2H3,(H,20,22). The summed E-state index contributed by atoms with van der Waals surface area (Å²) in [4.78, 5) is 15.9. The molecule has 0 spiro atoms. The van der Waals surface area contributed by atoms with Gasteiger partial charge in [0.15, 0.2) is 0 Å². The molecule has 0 bridgehead atoms. The number of fused-ring (bicyclic) bond motifs is 1. The molecule has 1 N–H and O–H groups in total. The maximum atomic E-state index is 12.5. The van der Waals surface area contributed by atoms with Crippen LogP contribution in [0, 0.1) is 0 Å². The normalized spacial score (nSPS) is 14.6. The molecule has 0 aliphatic heterocycles. The summed E-state index contributed by atoms with van der Waals surface area (Å²) < 4.78 is 0. The number of benzene rings is 1. The molecule has 0 saturated carbocycles. The van der Waals surface area contributed by atoms with Crippen molar-refractivity contribution in [2.24, 2.45) is 0 Å². The molecule has 2 aromatic rings.